The topological polar surface area (TPSA) is 97.4 Å². The molecule has 1 aromatic carbocycles. The van der Waals surface area contributed by atoms with Crippen LogP contribution in [0.5, 0.6) is 0 Å². The van der Waals surface area contributed by atoms with Crippen LogP contribution in [0.4, 0.5) is 0 Å². The number of esters is 1. The molecule has 0 spiro atoms. The average molecular weight is 404 g/mol. The fourth-order valence-electron chi connectivity index (χ4n) is 2.39. The summed E-state index contributed by atoms with van der Waals surface area (Å²) in [6, 6.07) is 8.00. The lowest BCUT2D eigenvalue weighted by molar-refractivity contribution is -0.128. The number of aryl methyl sites for hydroxylation is 2. The molecule has 0 atom stereocenters. The van der Waals surface area contributed by atoms with Gasteiger partial charge in [0.25, 0.3) is 5.91 Å². The molecule has 0 unspecified atom stereocenters. The molecule has 1 heterocycles. The third-order valence-electron chi connectivity index (χ3n) is 3.82. The molecule has 0 fully saturated rings. The Kier molecular flexibility index (Phi) is 7.69. The van der Waals surface area contributed by atoms with Crippen LogP contribution in [-0.4, -0.2) is 42.0 Å². The number of amides is 2. The van der Waals surface area contributed by atoms with E-state index in [9.17, 15) is 14.4 Å². The minimum atomic E-state index is -0.604. The second-order valence-electron chi connectivity index (χ2n) is 6.56. The second kappa shape index (κ2) is 9.98. The first kappa shape index (κ1) is 21.6. The standard InChI is InChI=1S/C20H25N3O4S/c1-5-14-6-8-15(9-7-14)19-23-13(4)18(28-19)20(26)27-11-17(25)21-10-16(24)22-12(2)3/h6-9,12H,5,10-11H2,1-4H3,(H,21,25)(H,22,24). The lowest BCUT2D eigenvalue weighted by atomic mass is 10.1. The number of thiazole rings is 1. The van der Waals surface area contributed by atoms with Crippen LogP contribution in [-0.2, 0) is 20.7 Å². The summed E-state index contributed by atoms with van der Waals surface area (Å²) >= 11 is 1.23. The van der Waals surface area contributed by atoms with Gasteiger partial charge in [0.2, 0.25) is 5.91 Å². The van der Waals surface area contributed by atoms with Crippen molar-refractivity contribution in [2.45, 2.75) is 40.2 Å². The number of aromatic nitrogens is 1. The van der Waals surface area contributed by atoms with E-state index in [2.05, 4.69) is 22.5 Å². The van der Waals surface area contributed by atoms with Crippen LogP contribution in [0.25, 0.3) is 10.6 Å². The van der Waals surface area contributed by atoms with Crippen LogP contribution >= 0.6 is 11.3 Å². The highest BCUT2D eigenvalue weighted by Gasteiger charge is 2.19. The van der Waals surface area contributed by atoms with Gasteiger partial charge in [-0.3, -0.25) is 9.59 Å². The summed E-state index contributed by atoms with van der Waals surface area (Å²) in [6.45, 7) is 6.85. The van der Waals surface area contributed by atoms with Gasteiger partial charge in [0.05, 0.1) is 12.2 Å². The second-order valence-corrected chi connectivity index (χ2v) is 7.56. The van der Waals surface area contributed by atoms with E-state index in [1.54, 1.807) is 6.92 Å². The van der Waals surface area contributed by atoms with Gasteiger partial charge in [-0.1, -0.05) is 31.2 Å². The molecule has 2 N–H and O–H groups in total. The number of hydrogen-bond acceptors (Lipinski definition) is 6. The molecule has 8 heteroatoms. The van der Waals surface area contributed by atoms with E-state index in [1.807, 2.05) is 38.1 Å². The molecule has 2 aromatic rings. The number of rotatable bonds is 8. The van der Waals surface area contributed by atoms with Crippen molar-refractivity contribution in [2.24, 2.45) is 0 Å². The lowest BCUT2D eigenvalue weighted by Crippen LogP contribution is -2.41. The maximum Gasteiger partial charge on any atom is 0.350 e. The third kappa shape index (κ3) is 6.16. The van der Waals surface area contributed by atoms with Crippen molar-refractivity contribution in [3.63, 3.8) is 0 Å². The predicted octanol–water partition coefficient (Wildman–Crippen LogP) is 2.48. The molecule has 0 radical (unpaired) electrons. The molecule has 0 saturated heterocycles. The molecule has 2 amide bonds. The fraction of sp³-hybridized carbons (Fsp3) is 0.400. The van der Waals surface area contributed by atoms with Gasteiger partial charge in [0, 0.05) is 11.6 Å². The Morgan fingerprint density at radius 1 is 1.14 bits per heavy atom. The zero-order chi connectivity index (χ0) is 20.7. The third-order valence-corrected chi connectivity index (χ3v) is 5.01. The summed E-state index contributed by atoms with van der Waals surface area (Å²) in [6.07, 6.45) is 0.954. The predicted molar refractivity (Wildman–Crippen MR) is 108 cm³/mol. The van der Waals surface area contributed by atoms with Gasteiger partial charge in [-0.2, -0.15) is 0 Å². The van der Waals surface area contributed by atoms with Gasteiger partial charge in [0.15, 0.2) is 6.61 Å². The summed E-state index contributed by atoms with van der Waals surface area (Å²) in [5, 5.41) is 5.79. The molecule has 28 heavy (non-hydrogen) atoms. The first-order valence-corrected chi connectivity index (χ1v) is 9.91. The number of carbonyl (C=O) groups excluding carboxylic acids is 3. The average Bonchev–Trinajstić information content (AvgIpc) is 3.05. The van der Waals surface area contributed by atoms with E-state index in [1.165, 1.54) is 16.9 Å². The Balaban J connectivity index is 1.91. The van der Waals surface area contributed by atoms with Crippen molar-refractivity contribution in [3.05, 3.63) is 40.4 Å². The van der Waals surface area contributed by atoms with Crippen LogP contribution in [0.1, 0.15) is 41.7 Å². The van der Waals surface area contributed by atoms with Crippen LogP contribution in [0.2, 0.25) is 0 Å². The van der Waals surface area contributed by atoms with E-state index >= 15 is 0 Å². The normalized spacial score (nSPS) is 10.6. The molecule has 7 nitrogen and oxygen atoms in total. The first-order valence-electron chi connectivity index (χ1n) is 9.10. The molecule has 2 rings (SSSR count). The maximum atomic E-state index is 12.3. The number of carbonyl (C=O) groups is 3. The van der Waals surface area contributed by atoms with Gasteiger partial charge >= 0.3 is 5.97 Å². The summed E-state index contributed by atoms with van der Waals surface area (Å²) < 4.78 is 5.06. The van der Waals surface area contributed by atoms with Crippen molar-refractivity contribution < 1.29 is 19.1 Å². The number of benzene rings is 1. The van der Waals surface area contributed by atoms with E-state index < -0.39 is 18.5 Å². The van der Waals surface area contributed by atoms with Crippen molar-refractivity contribution >= 4 is 29.1 Å². The van der Waals surface area contributed by atoms with Gasteiger partial charge in [-0.05, 0) is 32.8 Å². The van der Waals surface area contributed by atoms with Gasteiger partial charge in [-0.15, -0.1) is 11.3 Å². The molecule has 0 aliphatic carbocycles. The molecule has 0 saturated carbocycles. The Labute approximate surface area is 168 Å². The molecule has 150 valence electrons. The van der Waals surface area contributed by atoms with Gasteiger partial charge in [-0.25, -0.2) is 9.78 Å². The van der Waals surface area contributed by atoms with Crippen molar-refractivity contribution in [2.75, 3.05) is 13.2 Å². The summed E-state index contributed by atoms with van der Waals surface area (Å²) in [5.74, 6) is -1.44. The Bertz CT molecular complexity index is 844. The molecule has 0 bridgehead atoms. The number of hydrogen-bond donors (Lipinski definition) is 2. The minimum Gasteiger partial charge on any atom is -0.451 e. The van der Waals surface area contributed by atoms with E-state index in [0.29, 0.717) is 10.6 Å². The Hall–Kier alpha value is -2.74. The number of nitrogens with one attached hydrogen (secondary N) is 2. The molecular formula is C20H25N3O4S. The minimum absolute atomic E-state index is 0.0103. The highest BCUT2D eigenvalue weighted by Crippen LogP contribution is 2.28. The first-order chi connectivity index (χ1) is 13.3. The fourth-order valence-corrected chi connectivity index (χ4v) is 3.36. The quantitative estimate of drug-likeness (QED) is 0.660. The van der Waals surface area contributed by atoms with Crippen LogP contribution in [0.3, 0.4) is 0 Å². The zero-order valence-corrected chi connectivity index (χ0v) is 17.3. The summed E-state index contributed by atoms with van der Waals surface area (Å²) in [4.78, 5) is 40.3. The van der Waals surface area contributed by atoms with Crippen molar-refractivity contribution in [3.8, 4) is 10.6 Å². The SMILES string of the molecule is CCc1ccc(-c2nc(C)c(C(=O)OCC(=O)NCC(=O)NC(C)C)s2)cc1. The Morgan fingerprint density at radius 3 is 2.43 bits per heavy atom. The van der Waals surface area contributed by atoms with Crippen molar-refractivity contribution in [1.29, 1.82) is 0 Å². The zero-order valence-electron chi connectivity index (χ0n) is 16.5. The lowest BCUT2D eigenvalue weighted by Gasteiger charge is -2.09. The molecule has 0 aliphatic heterocycles. The Morgan fingerprint density at radius 2 is 1.82 bits per heavy atom. The van der Waals surface area contributed by atoms with Crippen LogP contribution in [0, 0.1) is 6.92 Å². The van der Waals surface area contributed by atoms with Gasteiger partial charge in [0.1, 0.15) is 9.88 Å². The van der Waals surface area contributed by atoms with Crippen LogP contribution < -0.4 is 10.6 Å². The molecular weight excluding hydrogens is 378 g/mol. The maximum absolute atomic E-state index is 12.3. The number of nitrogens with zero attached hydrogens (tertiary/aromatic N) is 1. The van der Waals surface area contributed by atoms with E-state index in [0.717, 1.165) is 17.0 Å². The summed E-state index contributed by atoms with van der Waals surface area (Å²) in [7, 11) is 0. The van der Waals surface area contributed by atoms with E-state index in [-0.39, 0.29) is 18.5 Å². The highest BCUT2D eigenvalue weighted by atomic mass is 32.1. The smallest absolute Gasteiger partial charge is 0.350 e. The molecule has 0 aliphatic rings. The van der Waals surface area contributed by atoms with Gasteiger partial charge < -0.3 is 15.4 Å². The largest absolute Gasteiger partial charge is 0.451 e. The molecule has 1 aromatic heterocycles. The highest BCUT2D eigenvalue weighted by molar-refractivity contribution is 7.17. The monoisotopic (exact) mass is 403 g/mol. The van der Waals surface area contributed by atoms with E-state index in [4.69, 9.17) is 4.74 Å². The summed E-state index contributed by atoms with van der Waals surface area (Å²) in [5.41, 5.74) is 2.71. The van der Waals surface area contributed by atoms with Crippen LogP contribution in [0.15, 0.2) is 24.3 Å². The number of ether oxygens (including phenoxy) is 1. The van der Waals surface area contributed by atoms with Crippen molar-refractivity contribution in [1.82, 2.24) is 15.6 Å².